The smallest absolute Gasteiger partial charge is 0.462 e. The lowest BCUT2D eigenvalue weighted by molar-refractivity contribution is -0.216. The number of ether oxygens (including phenoxy) is 2. The molecule has 0 heterocycles. The van der Waals surface area contributed by atoms with Gasteiger partial charge in [0.1, 0.15) is 43.2 Å². The first-order valence-electron chi connectivity index (χ1n) is 24.6. The van der Waals surface area contributed by atoms with Gasteiger partial charge in [-0.1, -0.05) is 155 Å². The SMILES string of the molecule is CC/C=C\C[C@H](O)/C=C/C=C\C=C\[C@H](O)C/C=C\C/C=C\CCC(=O)O[C@H](COC(=O)CCC/C=C\C/C=C\C/C=C\CCCCCCCC)COP(=O)(O)O[C@H]1C(O)C(O)C(O)[C@@H](OP(=O)(O)O)C1O. The van der Waals surface area contributed by atoms with Crippen LogP contribution < -0.4 is 0 Å². The molecule has 20 heteroatoms. The van der Waals surface area contributed by atoms with Gasteiger partial charge in [0.05, 0.1) is 18.8 Å². The molecule has 0 radical (unpaired) electrons. The number of esters is 2. The van der Waals surface area contributed by atoms with Crippen molar-refractivity contribution in [2.24, 2.45) is 0 Å². The summed E-state index contributed by atoms with van der Waals surface area (Å²) in [5.74, 6) is -1.45. The Morgan fingerprint density at radius 2 is 1.04 bits per heavy atom. The first kappa shape index (κ1) is 65.6. The number of phosphoric ester groups is 2. The van der Waals surface area contributed by atoms with Crippen LogP contribution in [-0.4, -0.2) is 125 Å². The normalized spacial score (nSPS) is 22.7. The Kier molecular flexibility index (Phi) is 37.0. The molecule has 404 valence electrons. The molecule has 0 amide bonds. The molecule has 0 saturated heterocycles. The summed E-state index contributed by atoms with van der Waals surface area (Å²) in [6, 6.07) is 0. The van der Waals surface area contributed by atoms with Crippen molar-refractivity contribution >= 4 is 27.6 Å². The second-order valence-corrected chi connectivity index (χ2v) is 19.4. The van der Waals surface area contributed by atoms with Gasteiger partial charge in [-0.2, -0.15) is 0 Å². The van der Waals surface area contributed by atoms with Crippen LogP contribution in [0.25, 0.3) is 0 Å². The lowest BCUT2D eigenvalue weighted by Gasteiger charge is -2.43. The molecule has 9 N–H and O–H groups in total. The van der Waals surface area contributed by atoms with Crippen LogP contribution in [0.15, 0.2) is 109 Å². The van der Waals surface area contributed by atoms with E-state index in [-0.39, 0.29) is 19.3 Å². The highest BCUT2D eigenvalue weighted by atomic mass is 31.2. The minimum Gasteiger partial charge on any atom is -0.462 e. The van der Waals surface area contributed by atoms with E-state index in [1.54, 1.807) is 54.7 Å². The highest BCUT2D eigenvalue weighted by Crippen LogP contribution is 2.49. The Balaban J connectivity index is 2.72. The van der Waals surface area contributed by atoms with E-state index in [0.29, 0.717) is 32.1 Å². The first-order valence-corrected chi connectivity index (χ1v) is 27.7. The maximum absolute atomic E-state index is 13.0. The molecule has 1 aliphatic carbocycles. The summed E-state index contributed by atoms with van der Waals surface area (Å²) >= 11 is 0. The average molecular weight is 1050 g/mol. The summed E-state index contributed by atoms with van der Waals surface area (Å²) in [4.78, 5) is 54.3. The number of hydrogen-bond acceptors (Lipinski definition) is 15. The first-order chi connectivity index (χ1) is 33.9. The number of carbonyl (C=O) groups is 2. The zero-order valence-electron chi connectivity index (χ0n) is 41.3. The van der Waals surface area contributed by atoms with Crippen molar-refractivity contribution in [3.63, 3.8) is 0 Å². The van der Waals surface area contributed by atoms with Gasteiger partial charge >= 0.3 is 27.6 Å². The summed E-state index contributed by atoms with van der Waals surface area (Å²) < 4.78 is 49.2. The Morgan fingerprint density at radius 1 is 0.535 bits per heavy atom. The molecule has 1 saturated carbocycles. The third-order valence-electron chi connectivity index (χ3n) is 10.5. The molecule has 10 atom stereocenters. The van der Waals surface area contributed by atoms with E-state index in [1.165, 1.54) is 38.5 Å². The number of unbranched alkanes of at least 4 members (excludes halogenated alkanes) is 7. The van der Waals surface area contributed by atoms with E-state index in [9.17, 15) is 64.0 Å². The summed E-state index contributed by atoms with van der Waals surface area (Å²) in [6.07, 6.45) is 31.2. The minimum atomic E-state index is -5.40. The van der Waals surface area contributed by atoms with Gasteiger partial charge in [0, 0.05) is 12.8 Å². The van der Waals surface area contributed by atoms with E-state index >= 15 is 0 Å². The van der Waals surface area contributed by atoms with E-state index < -0.39 is 95.7 Å². The Morgan fingerprint density at radius 3 is 1.62 bits per heavy atom. The number of aliphatic hydroxyl groups excluding tert-OH is 6. The molecule has 0 aromatic heterocycles. The van der Waals surface area contributed by atoms with Crippen molar-refractivity contribution in [1.82, 2.24) is 0 Å². The van der Waals surface area contributed by atoms with Crippen LogP contribution in [0, 0.1) is 0 Å². The number of aliphatic hydroxyl groups is 6. The Labute approximate surface area is 420 Å². The van der Waals surface area contributed by atoms with Crippen LogP contribution >= 0.6 is 15.6 Å². The van der Waals surface area contributed by atoms with Crippen molar-refractivity contribution in [2.75, 3.05) is 13.2 Å². The maximum Gasteiger partial charge on any atom is 0.472 e. The molecule has 1 fully saturated rings. The van der Waals surface area contributed by atoms with Gasteiger partial charge in [0.15, 0.2) is 6.10 Å². The molecule has 0 aliphatic heterocycles. The maximum atomic E-state index is 13.0. The van der Waals surface area contributed by atoms with Gasteiger partial charge in [0.25, 0.3) is 0 Å². The third-order valence-corrected chi connectivity index (χ3v) is 12.0. The fourth-order valence-electron chi connectivity index (χ4n) is 6.65. The summed E-state index contributed by atoms with van der Waals surface area (Å²) in [7, 11) is -10.8. The molecule has 1 aliphatic rings. The van der Waals surface area contributed by atoms with Crippen molar-refractivity contribution in [2.45, 2.75) is 184 Å². The number of phosphoric acid groups is 2. The molecule has 18 nitrogen and oxygen atoms in total. The Bertz CT molecular complexity index is 1820. The fraction of sp³-hybridized carbons (Fsp3) is 0.608. The fourth-order valence-corrected chi connectivity index (χ4v) is 8.19. The number of allylic oxidation sites excluding steroid dienone is 14. The standard InChI is InChI=1S/C51H82O18P2/c1-3-5-7-8-9-10-11-12-13-14-15-16-17-18-19-23-31-37-44(54)65-39-43(40-66-71(63,64)69-51-48(58)46(56)47(57)50(49(51)59)68-70(60,61)62)67-45(55)38-32-24-21-20-22-28-34-42(53)36-30-26-25-29-35-41(52)33-27-6-4-2/h6,12-13,15-16,18-19,21-22,24-30,35-36,41-43,46-53,56-59H,3-5,7-11,14,17,20,23,31-34,37-40H2,1-2H3,(H,63,64)(H2,60,61,62)/b13-12-,16-15-,19-18-,24-21-,26-25-,27-6-,28-22-,35-29+,36-30+/t41-,42+,43+,46?,47?,48?,49?,50+,51-/m0/s1. The van der Waals surface area contributed by atoms with Gasteiger partial charge in [0.2, 0.25) is 0 Å². The van der Waals surface area contributed by atoms with E-state index in [1.807, 2.05) is 37.3 Å². The monoisotopic (exact) mass is 1040 g/mol. The second kappa shape index (κ2) is 40.0. The van der Waals surface area contributed by atoms with Crippen molar-refractivity contribution in [3.05, 3.63) is 109 Å². The molecule has 1 rings (SSSR count). The highest BCUT2D eigenvalue weighted by Gasteiger charge is 2.54. The topological polar surface area (TPSA) is 296 Å². The number of hydrogen-bond donors (Lipinski definition) is 9. The Hall–Kier alpha value is -3.42. The quantitative estimate of drug-likeness (QED) is 0.00938. The van der Waals surface area contributed by atoms with Gasteiger partial charge in [-0.15, -0.1) is 0 Å². The minimum absolute atomic E-state index is 0.00446. The summed E-state index contributed by atoms with van der Waals surface area (Å²) in [5.41, 5.74) is 0. The highest BCUT2D eigenvalue weighted by molar-refractivity contribution is 7.47. The van der Waals surface area contributed by atoms with E-state index in [4.69, 9.17) is 18.5 Å². The molecule has 0 aromatic rings. The number of carbonyl (C=O) groups excluding carboxylic acids is 2. The van der Waals surface area contributed by atoms with Crippen LogP contribution in [0.4, 0.5) is 0 Å². The molecule has 71 heavy (non-hydrogen) atoms. The summed E-state index contributed by atoms with van der Waals surface area (Å²) in [6.45, 7) is 2.72. The third kappa shape index (κ3) is 34.6. The van der Waals surface area contributed by atoms with Gasteiger partial charge < -0.3 is 54.8 Å². The zero-order chi connectivity index (χ0) is 52.8. The van der Waals surface area contributed by atoms with Gasteiger partial charge in [-0.3, -0.25) is 23.2 Å². The van der Waals surface area contributed by atoms with Crippen LogP contribution in [0.3, 0.4) is 0 Å². The molecular weight excluding hydrogens is 962 g/mol. The summed E-state index contributed by atoms with van der Waals surface area (Å²) in [5, 5.41) is 61.3. The van der Waals surface area contributed by atoms with E-state index in [2.05, 4.69) is 35.8 Å². The zero-order valence-corrected chi connectivity index (χ0v) is 43.1. The van der Waals surface area contributed by atoms with Gasteiger partial charge in [-0.25, -0.2) is 9.13 Å². The predicted octanol–water partition coefficient (Wildman–Crippen LogP) is 7.67. The molecule has 0 spiro atoms. The van der Waals surface area contributed by atoms with Crippen LogP contribution in [0.2, 0.25) is 0 Å². The largest absolute Gasteiger partial charge is 0.472 e. The molecule has 0 bridgehead atoms. The lowest BCUT2D eigenvalue weighted by atomic mass is 9.85. The lowest BCUT2D eigenvalue weighted by Crippen LogP contribution is -2.64. The van der Waals surface area contributed by atoms with Crippen LogP contribution in [-0.2, 0) is 41.8 Å². The van der Waals surface area contributed by atoms with Crippen molar-refractivity contribution < 1.29 is 87.1 Å². The van der Waals surface area contributed by atoms with Crippen LogP contribution in [0.5, 0.6) is 0 Å². The van der Waals surface area contributed by atoms with Crippen molar-refractivity contribution in [3.8, 4) is 0 Å². The van der Waals surface area contributed by atoms with Crippen molar-refractivity contribution in [1.29, 1.82) is 0 Å². The number of rotatable bonds is 39. The van der Waals surface area contributed by atoms with Crippen LogP contribution in [0.1, 0.15) is 129 Å². The molecule has 0 aromatic carbocycles. The van der Waals surface area contributed by atoms with E-state index in [0.717, 1.165) is 25.7 Å². The second-order valence-electron chi connectivity index (χ2n) is 16.8. The molecule has 5 unspecified atom stereocenters. The predicted molar refractivity (Wildman–Crippen MR) is 271 cm³/mol. The van der Waals surface area contributed by atoms with Gasteiger partial charge in [-0.05, 0) is 70.6 Å². The average Bonchev–Trinajstić information content (AvgIpc) is 3.32. The molecular formula is C51H82O18P2.